The molecule has 18 heavy (non-hydrogen) atoms. The van der Waals surface area contributed by atoms with Crippen molar-refractivity contribution in [3.05, 3.63) is 24.3 Å². The van der Waals surface area contributed by atoms with E-state index in [9.17, 15) is 9.59 Å². The molecule has 1 unspecified atom stereocenters. The first kappa shape index (κ1) is 13.9. The highest BCUT2D eigenvalue weighted by Gasteiger charge is 2.26. The standard InChI is InChI=1S/C11H15N3O4/c1-3-17-10(15)9(14-11(16)18-4-2)8-7-12-5-6-13-8/h5-7,9H,3-4H2,1-2H3,(H,14,16). The summed E-state index contributed by atoms with van der Waals surface area (Å²) < 4.78 is 9.58. The van der Waals surface area contributed by atoms with E-state index in [1.165, 1.54) is 18.6 Å². The lowest BCUT2D eigenvalue weighted by atomic mass is 10.2. The first-order valence-corrected chi connectivity index (χ1v) is 5.54. The number of aromatic nitrogens is 2. The maximum atomic E-state index is 11.7. The number of alkyl carbamates (subject to hydrolysis) is 1. The van der Waals surface area contributed by atoms with Gasteiger partial charge in [0, 0.05) is 12.4 Å². The van der Waals surface area contributed by atoms with Crippen LogP contribution in [-0.4, -0.2) is 35.2 Å². The predicted octanol–water partition coefficient (Wildman–Crippen LogP) is 0.827. The second-order valence-electron chi connectivity index (χ2n) is 3.18. The number of esters is 1. The number of hydrogen-bond acceptors (Lipinski definition) is 6. The molecule has 98 valence electrons. The zero-order valence-corrected chi connectivity index (χ0v) is 10.3. The van der Waals surface area contributed by atoms with Crippen LogP contribution in [0.15, 0.2) is 18.6 Å². The molecule has 0 aromatic carbocycles. The van der Waals surface area contributed by atoms with Crippen molar-refractivity contribution in [3.63, 3.8) is 0 Å². The van der Waals surface area contributed by atoms with Crippen LogP contribution in [0.5, 0.6) is 0 Å². The normalized spacial score (nSPS) is 11.4. The van der Waals surface area contributed by atoms with E-state index in [1.54, 1.807) is 13.8 Å². The van der Waals surface area contributed by atoms with E-state index in [0.717, 1.165) is 0 Å². The molecule has 1 aromatic rings. The number of carbonyl (C=O) groups is 2. The van der Waals surface area contributed by atoms with E-state index in [2.05, 4.69) is 15.3 Å². The van der Waals surface area contributed by atoms with Gasteiger partial charge in [-0.15, -0.1) is 0 Å². The molecule has 0 saturated heterocycles. The molecule has 1 rings (SSSR count). The third-order valence-electron chi connectivity index (χ3n) is 1.94. The van der Waals surface area contributed by atoms with Gasteiger partial charge in [0.15, 0.2) is 6.04 Å². The van der Waals surface area contributed by atoms with E-state index in [0.29, 0.717) is 5.69 Å². The monoisotopic (exact) mass is 253 g/mol. The largest absolute Gasteiger partial charge is 0.464 e. The molecule has 0 aliphatic heterocycles. The number of amides is 1. The zero-order valence-electron chi connectivity index (χ0n) is 10.3. The van der Waals surface area contributed by atoms with E-state index < -0.39 is 18.1 Å². The number of ether oxygens (including phenoxy) is 2. The number of rotatable bonds is 5. The van der Waals surface area contributed by atoms with E-state index in [-0.39, 0.29) is 13.2 Å². The highest BCUT2D eigenvalue weighted by molar-refractivity contribution is 5.82. The van der Waals surface area contributed by atoms with Crippen molar-refractivity contribution in [1.29, 1.82) is 0 Å². The maximum Gasteiger partial charge on any atom is 0.408 e. The van der Waals surface area contributed by atoms with E-state index in [1.807, 2.05) is 0 Å². The number of nitrogens with zero attached hydrogens (tertiary/aromatic N) is 2. The van der Waals surface area contributed by atoms with Crippen LogP contribution in [0.2, 0.25) is 0 Å². The smallest absolute Gasteiger partial charge is 0.408 e. The van der Waals surface area contributed by atoms with Gasteiger partial charge >= 0.3 is 12.1 Å². The minimum atomic E-state index is -1.02. The van der Waals surface area contributed by atoms with Crippen molar-refractivity contribution in [2.75, 3.05) is 13.2 Å². The van der Waals surface area contributed by atoms with E-state index >= 15 is 0 Å². The minimum Gasteiger partial charge on any atom is -0.464 e. The van der Waals surface area contributed by atoms with Crippen molar-refractivity contribution in [1.82, 2.24) is 15.3 Å². The van der Waals surface area contributed by atoms with Gasteiger partial charge in [0.2, 0.25) is 0 Å². The molecule has 0 radical (unpaired) electrons. The first-order valence-electron chi connectivity index (χ1n) is 5.54. The van der Waals surface area contributed by atoms with Crippen molar-refractivity contribution >= 4 is 12.1 Å². The summed E-state index contributed by atoms with van der Waals surface area (Å²) >= 11 is 0. The fourth-order valence-corrected chi connectivity index (χ4v) is 1.23. The molecule has 1 heterocycles. The van der Waals surface area contributed by atoms with Crippen LogP contribution >= 0.6 is 0 Å². The third-order valence-corrected chi connectivity index (χ3v) is 1.94. The summed E-state index contributed by atoms with van der Waals surface area (Å²) in [5, 5.41) is 2.38. The Morgan fingerprint density at radius 3 is 2.56 bits per heavy atom. The molecule has 1 atom stereocenters. The molecule has 0 bridgehead atoms. The summed E-state index contributed by atoms with van der Waals surface area (Å²) in [4.78, 5) is 30.9. The summed E-state index contributed by atoms with van der Waals surface area (Å²) in [5.41, 5.74) is 0.295. The van der Waals surface area contributed by atoms with Gasteiger partial charge in [-0.25, -0.2) is 9.59 Å². The van der Waals surface area contributed by atoms with Gasteiger partial charge in [-0.1, -0.05) is 0 Å². The molecule has 0 spiro atoms. The van der Waals surface area contributed by atoms with Crippen LogP contribution in [0.4, 0.5) is 4.79 Å². The summed E-state index contributed by atoms with van der Waals surface area (Å²) in [7, 11) is 0. The molecule has 7 heteroatoms. The van der Waals surface area contributed by atoms with Crippen LogP contribution < -0.4 is 5.32 Å². The van der Waals surface area contributed by atoms with Gasteiger partial charge in [-0.3, -0.25) is 9.97 Å². The Morgan fingerprint density at radius 2 is 2.00 bits per heavy atom. The molecule has 1 N–H and O–H groups in total. The maximum absolute atomic E-state index is 11.7. The zero-order chi connectivity index (χ0) is 13.4. The molecular weight excluding hydrogens is 238 g/mol. The lowest BCUT2D eigenvalue weighted by molar-refractivity contribution is -0.145. The first-order chi connectivity index (χ1) is 8.69. The van der Waals surface area contributed by atoms with E-state index in [4.69, 9.17) is 9.47 Å². The van der Waals surface area contributed by atoms with Gasteiger partial charge in [-0.05, 0) is 13.8 Å². The van der Waals surface area contributed by atoms with Crippen LogP contribution in [-0.2, 0) is 14.3 Å². The topological polar surface area (TPSA) is 90.4 Å². The lowest BCUT2D eigenvalue weighted by Crippen LogP contribution is -2.36. The average Bonchev–Trinajstić information content (AvgIpc) is 2.37. The quantitative estimate of drug-likeness (QED) is 0.781. The van der Waals surface area contributed by atoms with Crippen LogP contribution in [0.1, 0.15) is 25.6 Å². The Bertz CT molecular complexity index is 397. The van der Waals surface area contributed by atoms with Gasteiger partial charge < -0.3 is 14.8 Å². The third kappa shape index (κ3) is 4.00. The average molecular weight is 253 g/mol. The highest BCUT2D eigenvalue weighted by Crippen LogP contribution is 2.10. The van der Waals surface area contributed by atoms with Crippen molar-refractivity contribution in [3.8, 4) is 0 Å². The minimum absolute atomic E-state index is 0.208. The highest BCUT2D eigenvalue weighted by atomic mass is 16.6. The second kappa shape index (κ2) is 7.21. The molecule has 1 amide bonds. The number of nitrogens with one attached hydrogen (secondary N) is 1. The second-order valence-corrected chi connectivity index (χ2v) is 3.18. The Kier molecular flexibility index (Phi) is 5.56. The van der Waals surface area contributed by atoms with Crippen LogP contribution in [0.25, 0.3) is 0 Å². The van der Waals surface area contributed by atoms with Gasteiger partial charge in [0.05, 0.1) is 25.1 Å². The Morgan fingerprint density at radius 1 is 1.28 bits per heavy atom. The molecule has 0 fully saturated rings. The Labute approximate surface area is 105 Å². The number of carbonyl (C=O) groups excluding carboxylic acids is 2. The summed E-state index contributed by atoms with van der Waals surface area (Å²) in [6, 6.07) is -1.02. The SMILES string of the molecule is CCOC(=O)NC(C(=O)OCC)c1cnccn1. The van der Waals surface area contributed by atoms with Crippen molar-refractivity contribution < 1.29 is 19.1 Å². The van der Waals surface area contributed by atoms with Crippen molar-refractivity contribution in [2.24, 2.45) is 0 Å². The number of hydrogen-bond donors (Lipinski definition) is 1. The molecule has 0 saturated carbocycles. The predicted molar refractivity (Wildman–Crippen MR) is 61.6 cm³/mol. The Balaban J connectivity index is 2.82. The molecule has 1 aromatic heterocycles. The summed E-state index contributed by atoms with van der Waals surface area (Å²) in [5.74, 6) is -0.606. The molecular formula is C11H15N3O4. The summed E-state index contributed by atoms with van der Waals surface area (Å²) in [6.07, 6.45) is 3.57. The van der Waals surface area contributed by atoms with Gasteiger partial charge in [-0.2, -0.15) is 0 Å². The lowest BCUT2D eigenvalue weighted by Gasteiger charge is -2.15. The van der Waals surface area contributed by atoms with Crippen molar-refractivity contribution in [2.45, 2.75) is 19.9 Å². The fraction of sp³-hybridized carbons (Fsp3) is 0.455. The summed E-state index contributed by atoms with van der Waals surface area (Å²) in [6.45, 7) is 3.76. The molecule has 0 aliphatic carbocycles. The Hall–Kier alpha value is -2.18. The van der Waals surface area contributed by atoms with Crippen LogP contribution in [0.3, 0.4) is 0 Å². The van der Waals surface area contributed by atoms with Crippen LogP contribution in [0, 0.1) is 0 Å². The fourth-order valence-electron chi connectivity index (χ4n) is 1.23. The molecule has 7 nitrogen and oxygen atoms in total. The van der Waals surface area contributed by atoms with Gasteiger partial charge in [0.25, 0.3) is 0 Å². The van der Waals surface area contributed by atoms with Gasteiger partial charge in [0.1, 0.15) is 0 Å². The molecule has 0 aliphatic rings.